The molecule has 2 unspecified atom stereocenters. The maximum absolute atomic E-state index is 12.1. The number of carbonyl (C=O) groups excluding carboxylic acids is 1. The average Bonchev–Trinajstić information content (AvgIpc) is 2.88. The quantitative estimate of drug-likeness (QED) is 0.280. The summed E-state index contributed by atoms with van der Waals surface area (Å²) in [6.45, 7) is 9.86. The van der Waals surface area contributed by atoms with E-state index in [2.05, 4.69) is 22.3 Å². The SMILES string of the molecule is CC(CNC(=O)C(C(N)=NO)C(C)C)CN1CCCC1. The summed E-state index contributed by atoms with van der Waals surface area (Å²) in [5, 5.41) is 14.6. The standard InChI is InChI=1S/C14H28N4O2/c1-10(2)12(13(15)17-20)14(19)16-8-11(3)9-18-6-4-5-7-18/h10-12,20H,4-9H2,1-3H3,(H2,15,17)(H,16,19). The average molecular weight is 284 g/mol. The molecule has 1 amide bonds. The number of nitrogens with one attached hydrogen (secondary N) is 1. The molecule has 0 aromatic rings. The van der Waals surface area contributed by atoms with Gasteiger partial charge in [0.15, 0.2) is 5.84 Å². The molecular weight excluding hydrogens is 256 g/mol. The Morgan fingerprint density at radius 3 is 2.45 bits per heavy atom. The number of amides is 1. The van der Waals surface area contributed by atoms with Gasteiger partial charge in [0.05, 0.1) is 0 Å². The summed E-state index contributed by atoms with van der Waals surface area (Å²) in [5.74, 6) is -0.357. The highest BCUT2D eigenvalue weighted by Gasteiger charge is 2.27. The molecule has 116 valence electrons. The lowest BCUT2D eigenvalue weighted by atomic mass is 9.93. The molecule has 1 aliphatic rings. The number of rotatable bonds is 7. The van der Waals surface area contributed by atoms with Crippen LogP contribution in [0.25, 0.3) is 0 Å². The van der Waals surface area contributed by atoms with Gasteiger partial charge in [-0.25, -0.2) is 0 Å². The second-order valence-electron chi connectivity index (χ2n) is 6.10. The molecule has 6 nitrogen and oxygen atoms in total. The molecule has 0 bridgehead atoms. The van der Waals surface area contributed by atoms with Crippen molar-refractivity contribution in [1.82, 2.24) is 10.2 Å². The Morgan fingerprint density at radius 2 is 1.95 bits per heavy atom. The fourth-order valence-corrected chi connectivity index (χ4v) is 2.70. The van der Waals surface area contributed by atoms with Crippen molar-refractivity contribution in [3.8, 4) is 0 Å². The van der Waals surface area contributed by atoms with Crippen molar-refractivity contribution in [3.63, 3.8) is 0 Å². The van der Waals surface area contributed by atoms with Gasteiger partial charge in [-0.15, -0.1) is 0 Å². The molecule has 0 spiro atoms. The smallest absolute Gasteiger partial charge is 0.231 e. The zero-order valence-electron chi connectivity index (χ0n) is 12.8. The normalized spacial score (nSPS) is 20.1. The number of oxime groups is 1. The van der Waals surface area contributed by atoms with Crippen LogP contribution in [0.15, 0.2) is 5.16 Å². The van der Waals surface area contributed by atoms with Crippen molar-refractivity contribution >= 4 is 11.7 Å². The summed E-state index contributed by atoms with van der Waals surface area (Å²) < 4.78 is 0. The molecule has 6 heteroatoms. The van der Waals surface area contributed by atoms with E-state index in [9.17, 15) is 4.79 Å². The summed E-state index contributed by atoms with van der Waals surface area (Å²) in [4.78, 5) is 14.6. The predicted molar refractivity (Wildman–Crippen MR) is 79.6 cm³/mol. The van der Waals surface area contributed by atoms with Crippen LogP contribution < -0.4 is 11.1 Å². The number of likely N-dealkylation sites (tertiary alicyclic amines) is 1. The summed E-state index contributed by atoms with van der Waals surface area (Å²) in [7, 11) is 0. The summed E-state index contributed by atoms with van der Waals surface area (Å²) in [6.07, 6.45) is 2.55. The lowest BCUT2D eigenvalue weighted by molar-refractivity contribution is -0.124. The molecular formula is C14H28N4O2. The highest BCUT2D eigenvalue weighted by molar-refractivity contribution is 6.02. The van der Waals surface area contributed by atoms with Crippen molar-refractivity contribution in [1.29, 1.82) is 0 Å². The Kier molecular flexibility index (Phi) is 6.78. The number of nitrogens with two attached hydrogens (primary N) is 1. The van der Waals surface area contributed by atoms with Gasteiger partial charge in [-0.05, 0) is 37.8 Å². The van der Waals surface area contributed by atoms with Gasteiger partial charge in [-0.2, -0.15) is 0 Å². The number of hydrogen-bond acceptors (Lipinski definition) is 4. The van der Waals surface area contributed by atoms with Crippen LogP contribution in [0, 0.1) is 17.8 Å². The number of hydrogen-bond donors (Lipinski definition) is 3. The minimum absolute atomic E-state index is 0.000196. The molecule has 1 rings (SSSR count). The Bertz CT molecular complexity index is 338. The Labute approximate surface area is 121 Å². The molecule has 1 fully saturated rings. The van der Waals surface area contributed by atoms with E-state index >= 15 is 0 Å². The van der Waals surface area contributed by atoms with Gasteiger partial charge in [0.2, 0.25) is 5.91 Å². The minimum atomic E-state index is -0.570. The van der Waals surface area contributed by atoms with Crippen molar-refractivity contribution in [2.45, 2.75) is 33.6 Å². The first kappa shape index (κ1) is 16.8. The van der Waals surface area contributed by atoms with Gasteiger partial charge in [0, 0.05) is 13.1 Å². The molecule has 1 aliphatic heterocycles. The molecule has 20 heavy (non-hydrogen) atoms. The summed E-state index contributed by atoms with van der Waals surface area (Å²) >= 11 is 0. The zero-order valence-corrected chi connectivity index (χ0v) is 12.8. The van der Waals surface area contributed by atoms with E-state index in [-0.39, 0.29) is 17.7 Å². The third-order valence-electron chi connectivity index (χ3n) is 3.78. The van der Waals surface area contributed by atoms with Crippen LogP contribution in [-0.2, 0) is 4.79 Å². The van der Waals surface area contributed by atoms with E-state index in [0.717, 1.165) is 19.6 Å². The summed E-state index contributed by atoms with van der Waals surface area (Å²) in [5.41, 5.74) is 5.59. The zero-order chi connectivity index (χ0) is 15.1. The number of carbonyl (C=O) groups is 1. The second-order valence-corrected chi connectivity index (χ2v) is 6.10. The third-order valence-corrected chi connectivity index (χ3v) is 3.78. The van der Waals surface area contributed by atoms with Gasteiger partial charge in [0.1, 0.15) is 5.92 Å². The van der Waals surface area contributed by atoms with Gasteiger partial charge in [0.25, 0.3) is 0 Å². The second kappa shape index (κ2) is 8.09. The topological polar surface area (TPSA) is 91.0 Å². The maximum Gasteiger partial charge on any atom is 0.231 e. The van der Waals surface area contributed by atoms with Crippen LogP contribution in [0.1, 0.15) is 33.6 Å². The molecule has 0 aromatic heterocycles. The first-order valence-corrected chi connectivity index (χ1v) is 7.43. The first-order valence-electron chi connectivity index (χ1n) is 7.43. The third kappa shape index (κ3) is 5.00. The highest BCUT2D eigenvalue weighted by atomic mass is 16.4. The molecule has 1 saturated heterocycles. The van der Waals surface area contributed by atoms with Gasteiger partial charge in [-0.3, -0.25) is 4.79 Å². The fourth-order valence-electron chi connectivity index (χ4n) is 2.70. The summed E-state index contributed by atoms with van der Waals surface area (Å²) in [6, 6.07) is 0. The van der Waals surface area contributed by atoms with E-state index in [1.54, 1.807) is 0 Å². The van der Waals surface area contributed by atoms with Gasteiger partial charge < -0.3 is 21.2 Å². The Hall–Kier alpha value is -1.30. The van der Waals surface area contributed by atoms with Crippen molar-refractivity contribution < 1.29 is 10.0 Å². The first-order chi connectivity index (χ1) is 9.45. The molecule has 0 radical (unpaired) electrons. The van der Waals surface area contributed by atoms with E-state index in [4.69, 9.17) is 10.9 Å². The molecule has 0 aliphatic carbocycles. The molecule has 4 N–H and O–H groups in total. The van der Waals surface area contributed by atoms with E-state index in [1.807, 2.05) is 13.8 Å². The molecule has 0 aromatic carbocycles. The minimum Gasteiger partial charge on any atom is -0.409 e. The lowest BCUT2D eigenvalue weighted by Crippen LogP contribution is -2.44. The Morgan fingerprint density at radius 1 is 1.35 bits per heavy atom. The van der Waals surface area contributed by atoms with Crippen molar-refractivity contribution in [3.05, 3.63) is 0 Å². The number of nitrogens with zero attached hydrogens (tertiary/aromatic N) is 2. The van der Waals surface area contributed by atoms with Crippen LogP contribution in [-0.4, -0.2) is 48.0 Å². The predicted octanol–water partition coefficient (Wildman–Crippen LogP) is 0.853. The molecule has 2 atom stereocenters. The van der Waals surface area contributed by atoms with Crippen LogP contribution in [0.4, 0.5) is 0 Å². The van der Waals surface area contributed by atoms with E-state index in [1.165, 1.54) is 12.8 Å². The van der Waals surface area contributed by atoms with Crippen LogP contribution >= 0.6 is 0 Å². The van der Waals surface area contributed by atoms with E-state index < -0.39 is 5.92 Å². The number of amidine groups is 1. The fraction of sp³-hybridized carbons (Fsp3) is 0.857. The maximum atomic E-state index is 12.1. The van der Waals surface area contributed by atoms with Gasteiger partial charge in [-0.1, -0.05) is 25.9 Å². The Balaban J connectivity index is 2.40. The largest absolute Gasteiger partial charge is 0.409 e. The van der Waals surface area contributed by atoms with Crippen LogP contribution in [0.3, 0.4) is 0 Å². The van der Waals surface area contributed by atoms with Crippen LogP contribution in [0.2, 0.25) is 0 Å². The van der Waals surface area contributed by atoms with Crippen LogP contribution in [0.5, 0.6) is 0 Å². The van der Waals surface area contributed by atoms with Crippen molar-refractivity contribution in [2.24, 2.45) is 28.6 Å². The highest BCUT2D eigenvalue weighted by Crippen LogP contribution is 2.12. The lowest BCUT2D eigenvalue weighted by Gasteiger charge is -2.23. The van der Waals surface area contributed by atoms with Crippen molar-refractivity contribution in [2.75, 3.05) is 26.2 Å². The van der Waals surface area contributed by atoms with E-state index in [0.29, 0.717) is 12.5 Å². The molecule has 1 heterocycles. The monoisotopic (exact) mass is 284 g/mol. The molecule has 0 saturated carbocycles. The van der Waals surface area contributed by atoms with Gasteiger partial charge >= 0.3 is 0 Å².